The SMILES string of the molecule is CCC(CC)C(=O)Nc1ccc(N2CCN(C3c4ccccc4N(C)C(=O)C4CC43)CC2)c(C#N)c1. The molecule has 2 aromatic carbocycles. The highest BCUT2D eigenvalue weighted by Gasteiger charge is 2.54. The topological polar surface area (TPSA) is 79.7 Å². The second kappa shape index (κ2) is 9.94. The Kier molecular flexibility index (Phi) is 6.72. The lowest BCUT2D eigenvalue weighted by Crippen LogP contribution is -2.48. The average molecular weight is 486 g/mol. The molecule has 2 amide bonds. The van der Waals surface area contributed by atoms with Gasteiger partial charge in [0.05, 0.1) is 11.3 Å². The molecule has 3 aliphatic rings. The summed E-state index contributed by atoms with van der Waals surface area (Å²) in [5.41, 5.74) is 4.45. The van der Waals surface area contributed by atoms with Gasteiger partial charge in [-0.1, -0.05) is 32.0 Å². The molecule has 1 aliphatic carbocycles. The van der Waals surface area contributed by atoms with Crippen LogP contribution in [0.2, 0.25) is 0 Å². The fourth-order valence-electron chi connectivity index (χ4n) is 6.08. The third-order valence-corrected chi connectivity index (χ3v) is 8.30. The Morgan fingerprint density at radius 3 is 2.50 bits per heavy atom. The minimum Gasteiger partial charge on any atom is -0.368 e. The van der Waals surface area contributed by atoms with Gasteiger partial charge in [0.25, 0.3) is 0 Å². The highest BCUT2D eigenvalue weighted by Crippen LogP contribution is 2.55. The number of carbonyl (C=O) groups excluding carboxylic acids is 2. The molecule has 0 aromatic heterocycles. The van der Waals surface area contributed by atoms with E-state index in [9.17, 15) is 14.9 Å². The van der Waals surface area contributed by atoms with Gasteiger partial charge in [-0.25, -0.2) is 0 Å². The van der Waals surface area contributed by atoms with Crippen LogP contribution < -0.4 is 15.1 Å². The molecular weight excluding hydrogens is 450 g/mol. The first kappa shape index (κ1) is 24.3. The summed E-state index contributed by atoms with van der Waals surface area (Å²) in [6.07, 6.45) is 2.56. The van der Waals surface area contributed by atoms with Crippen LogP contribution in [0.5, 0.6) is 0 Å². The summed E-state index contributed by atoms with van der Waals surface area (Å²) in [5, 5.41) is 12.8. The number of carbonyl (C=O) groups is 2. The van der Waals surface area contributed by atoms with E-state index in [0.717, 1.165) is 56.8 Å². The second-order valence-corrected chi connectivity index (χ2v) is 10.3. The van der Waals surface area contributed by atoms with E-state index < -0.39 is 0 Å². The maximum Gasteiger partial charge on any atom is 0.230 e. The summed E-state index contributed by atoms with van der Waals surface area (Å²) >= 11 is 0. The number of nitriles is 1. The summed E-state index contributed by atoms with van der Waals surface area (Å²) in [6.45, 7) is 7.41. The summed E-state index contributed by atoms with van der Waals surface area (Å²) < 4.78 is 0. The monoisotopic (exact) mass is 485 g/mol. The summed E-state index contributed by atoms with van der Waals surface area (Å²) in [4.78, 5) is 32.0. The lowest BCUT2D eigenvalue weighted by atomic mass is 9.97. The summed E-state index contributed by atoms with van der Waals surface area (Å²) in [6, 6.07) is 16.6. The molecular formula is C29H35N5O2. The second-order valence-electron chi connectivity index (χ2n) is 10.3. The van der Waals surface area contributed by atoms with Gasteiger partial charge in [0, 0.05) is 62.5 Å². The first-order valence-corrected chi connectivity index (χ1v) is 13.2. The number of hydrogen-bond acceptors (Lipinski definition) is 5. The van der Waals surface area contributed by atoms with Crippen LogP contribution in [0.15, 0.2) is 42.5 Å². The molecule has 5 rings (SSSR count). The Balaban J connectivity index is 1.30. The van der Waals surface area contributed by atoms with Gasteiger partial charge in [0.15, 0.2) is 0 Å². The molecule has 188 valence electrons. The quantitative estimate of drug-likeness (QED) is 0.656. The molecule has 2 heterocycles. The van der Waals surface area contributed by atoms with Crippen molar-refractivity contribution in [3.63, 3.8) is 0 Å². The normalized spacial score (nSPS) is 23.5. The first-order chi connectivity index (χ1) is 17.5. The fourth-order valence-corrected chi connectivity index (χ4v) is 6.08. The molecule has 0 radical (unpaired) electrons. The Bertz CT molecular complexity index is 1190. The number of para-hydroxylation sites is 1. The zero-order chi connectivity index (χ0) is 25.4. The minimum atomic E-state index is -0.0152. The van der Waals surface area contributed by atoms with Crippen molar-refractivity contribution in [1.82, 2.24) is 4.90 Å². The highest BCUT2D eigenvalue weighted by molar-refractivity contribution is 5.98. The number of fused-ring (bicyclic) bond motifs is 2. The number of anilines is 3. The molecule has 2 aromatic rings. The molecule has 2 fully saturated rings. The Labute approximate surface area is 213 Å². The van der Waals surface area contributed by atoms with Gasteiger partial charge >= 0.3 is 0 Å². The third kappa shape index (κ3) is 4.35. The first-order valence-electron chi connectivity index (χ1n) is 13.2. The van der Waals surface area contributed by atoms with Crippen molar-refractivity contribution in [2.45, 2.75) is 39.2 Å². The van der Waals surface area contributed by atoms with Crippen molar-refractivity contribution in [1.29, 1.82) is 5.26 Å². The number of nitrogens with zero attached hydrogens (tertiary/aromatic N) is 4. The van der Waals surface area contributed by atoms with Gasteiger partial charge < -0.3 is 15.1 Å². The van der Waals surface area contributed by atoms with Gasteiger partial charge in [0.2, 0.25) is 11.8 Å². The maximum absolute atomic E-state index is 12.9. The number of hydrogen-bond donors (Lipinski definition) is 1. The zero-order valence-corrected chi connectivity index (χ0v) is 21.4. The van der Waals surface area contributed by atoms with E-state index in [-0.39, 0.29) is 29.7 Å². The third-order valence-electron chi connectivity index (χ3n) is 8.30. The lowest BCUT2D eigenvalue weighted by Gasteiger charge is -2.41. The Morgan fingerprint density at radius 1 is 1.08 bits per heavy atom. The van der Waals surface area contributed by atoms with Crippen molar-refractivity contribution >= 4 is 28.9 Å². The molecule has 1 saturated heterocycles. The molecule has 7 nitrogen and oxygen atoms in total. The van der Waals surface area contributed by atoms with Crippen LogP contribution in [-0.2, 0) is 9.59 Å². The predicted octanol–water partition coefficient (Wildman–Crippen LogP) is 4.41. The fraction of sp³-hybridized carbons (Fsp3) is 0.483. The van der Waals surface area contributed by atoms with Gasteiger partial charge in [-0.3, -0.25) is 14.5 Å². The molecule has 1 N–H and O–H groups in total. The number of rotatable bonds is 6. The van der Waals surface area contributed by atoms with Crippen molar-refractivity contribution in [3.05, 3.63) is 53.6 Å². The van der Waals surface area contributed by atoms with Crippen LogP contribution in [-0.4, -0.2) is 49.9 Å². The molecule has 3 atom stereocenters. The van der Waals surface area contributed by atoms with Gasteiger partial charge in [-0.05, 0) is 55.0 Å². The van der Waals surface area contributed by atoms with Crippen LogP contribution in [0.25, 0.3) is 0 Å². The van der Waals surface area contributed by atoms with E-state index in [0.29, 0.717) is 17.2 Å². The van der Waals surface area contributed by atoms with Crippen LogP contribution in [0.3, 0.4) is 0 Å². The number of nitrogens with one attached hydrogen (secondary N) is 1. The molecule has 0 spiro atoms. The van der Waals surface area contributed by atoms with Crippen molar-refractivity contribution in [3.8, 4) is 6.07 Å². The van der Waals surface area contributed by atoms with Gasteiger partial charge in [-0.15, -0.1) is 0 Å². The van der Waals surface area contributed by atoms with E-state index >= 15 is 0 Å². The zero-order valence-electron chi connectivity index (χ0n) is 21.4. The number of amides is 2. The maximum atomic E-state index is 12.9. The predicted molar refractivity (Wildman–Crippen MR) is 142 cm³/mol. The highest BCUT2D eigenvalue weighted by atomic mass is 16.2. The summed E-state index contributed by atoms with van der Waals surface area (Å²) in [7, 11) is 1.90. The van der Waals surface area contributed by atoms with Gasteiger partial charge in [-0.2, -0.15) is 5.26 Å². The largest absolute Gasteiger partial charge is 0.368 e. The molecule has 1 saturated carbocycles. The molecule has 2 aliphatic heterocycles. The molecule has 3 unspecified atom stereocenters. The minimum absolute atomic E-state index is 0.0106. The van der Waals surface area contributed by atoms with Crippen LogP contribution in [0, 0.1) is 29.1 Å². The number of benzene rings is 2. The van der Waals surface area contributed by atoms with Crippen LogP contribution >= 0.6 is 0 Å². The lowest BCUT2D eigenvalue weighted by molar-refractivity contribution is -0.120. The standard InChI is InChI=1S/C29H35N5O2/c1-4-19(5-2)28(35)31-21-10-11-25(20(16-21)18-30)33-12-14-34(15-13-33)27-22-8-6-7-9-26(22)32(3)29(36)24-17-23(24)27/h6-11,16,19,23-24,27H,4-5,12-15,17H2,1-3H3,(H,31,35). The molecule has 0 bridgehead atoms. The Morgan fingerprint density at radius 2 is 1.81 bits per heavy atom. The molecule has 7 heteroatoms. The van der Waals surface area contributed by atoms with Crippen LogP contribution in [0.1, 0.15) is 50.3 Å². The van der Waals surface area contributed by atoms with Crippen molar-refractivity contribution < 1.29 is 9.59 Å². The van der Waals surface area contributed by atoms with Crippen molar-refractivity contribution in [2.24, 2.45) is 17.8 Å². The van der Waals surface area contributed by atoms with E-state index in [1.165, 1.54) is 5.56 Å². The van der Waals surface area contributed by atoms with E-state index in [1.54, 1.807) is 6.07 Å². The van der Waals surface area contributed by atoms with Crippen molar-refractivity contribution in [2.75, 3.05) is 48.3 Å². The van der Waals surface area contributed by atoms with E-state index in [4.69, 9.17) is 0 Å². The van der Waals surface area contributed by atoms with Gasteiger partial charge in [0.1, 0.15) is 6.07 Å². The Hall–Kier alpha value is -3.37. The van der Waals surface area contributed by atoms with E-state index in [1.807, 2.05) is 44.0 Å². The average Bonchev–Trinajstić information content (AvgIpc) is 3.70. The smallest absolute Gasteiger partial charge is 0.230 e. The van der Waals surface area contributed by atoms with Crippen LogP contribution in [0.4, 0.5) is 17.1 Å². The van der Waals surface area contributed by atoms with E-state index in [2.05, 4.69) is 39.4 Å². The molecule has 36 heavy (non-hydrogen) atoms. The summed E-state index contributed by atoms with van der Waals surface area (Å²) in [5.74, 6) is 0.736. The number of piperazine rings is 1.